The van der Waals surface area contributed by atoms with Crippen molar-refractivity contribution in [3.8, 4) is 11.5 Å². The van der Waals surface area contributed by atoms with Crippen molar-refractivity contribution in [2.45, 2.75) is 39.3 Å². The van der Waals surface area contributed by atoms with Gasteiger partial charge in [0.1, 0.15) is 17.1 Å². The third-order valence-electron chi connectivity index (χ3n) is 7.41. The molecule has 1 aliphatic heterocycles. The predicted octanol–water partition coefficient (Wildman–Crippen LogP) is 3.54. The molecule has 0 atom stereocenters. The second-order valence-corrected chi connectivity index (χ2v) is 9.64. The summed E-state index contributed by atoms with van der Waals surface area (Å²) in [7, 11) is 0. The fraction of sp³-hybridized carbons (Fsp3) is 0.500. The molecule has 2 aromatic carbocycles. The lowest BCUT2D eigenvalue weighted by molar-refractivity contribution is -0.307. The lowest BCUT2D eigenvalue weighted by atomic mass is 9.39. The van der Waals surface area contributed by atoms with Crippen molar-refractivity contribution >= 4 is 5.69 Å². The van der Waals surface area contributed by atoms with Crippen LogP contribution in [0.25, 0.3) is 0 Å². The molecule has 29 heavy (non-hydrogen) atoms. The van der Waals surface area contributed by atoms with E-state index in [0.29, 0.717) is 5.75 Å². The average molecular weight is 397 g/mol. The zero-order valence-electron chi connectivity index (χ0n) is 17.8. The summed E-state index contributed by atoms with van der Waals surface area (Å²) >= 11 is 0. The first-order valence-electron chi connectivity index (χ1n) is 10.4. The first kappa shape index (κ1) is 20.0. The van der Waals surface area contributed by atoms with Gasteiger partial charge in [-0.25, -0.2) is 0 Å². The van der Waals surface area contributed by atoms with Gasteiger partial charge in [0.05, 0.1) is 0 Å². The maximum atomic E-state index is 11.8. The van der Waals surface area contributed by atoms with E-state index in [2.05, 4.69) is 37.5 Å². The molecular weight excluding hydrogens is 364 g/mol. The van der Waals surface area contributed by atoms with Gasteiger partial charge in [-0.05, 0) is 42.0 Å². The minimum absolute atomic E-state index is 0.217. The van der Waals surface area contributed by atoms with Gasteiger partial charge in [-0.1, -0.05) is 39.8 Å². The van der Waals surface area contributed by atoms with Crippen LogP contribution in [0.1, 0.15) is 33.3 Å². The second kappa shape index (κ2) is 6.64. The highest BCUT2D eigenvalue weighted by Gasteiger charge is 2.73. The number of aliphatic hydroxyl groups is 1. The molecule has 1 aliphatic carbocycles. The molecule has 5 heteroatoms. The molecule has 0 radical (unpaired) electrons. The highest BCUT2D eigenvalue weighted by atomic mass is 16.3. The van der Waals surface area contributed by atoms with E-state index >= 15 is 0 Å². The molecule has 0 aromatic heterocycles. The molecule has 5 nitrogen and oxygen atoms in total. The van der Waals surface area contributed by atoms with Crippen molar-refractivity contribution in [2.24, 2.45) is 10.8 Å². The molecule has 2 fully saturated rings. The molecule has 0 spiro atoms. The van der Waals surface area contributed by atoms with Crippen LogP contribution >= 0.6 is 0 Å². The smallest absolute Gasteiger partial charge is 0.115 e. The molecule has 2 aliphatic rings. The predicted molar refractivity (Wildman–Crippen MR) is 115 cm³/mol. The van der Waals surface area contributed by atoms with Gasteiger partial charge in [-0.2, -0.15) is 0 Å². The lowest BCUT2D eigenvalue weighted by Crippen LogP contribution is -2.79. The van der Waals surface area contributed by atoms with Gasteiger partial charge in [0.25, 0.3) is 0 Å². The van der Waals surface area contributed by atoms with Crippen molar-refractivity contribution in [2.75, 3.05) is 31.1 Å². The normalized spacial score (nSPS) is 28.7. The fourth-order valence-electron chi connectivity index (χ4n) is 6.31. The Kier molecular flexibility index (Phi) is 4.59. The van der Waals surface area contributed by atoms with Crippen LogP contribution in [0, 0.1) is 10.8 Å². The van der Waals surface area contributed by atoms with E-state index in [9.17, 15) is 15.3 Å². The van der Waals surface area contributed by atoms with Crippen molar-refractivity contribution in [3.05, 3.63) is 54.1 Å². The van der Waals surface area contributed by atoms with Gasteiger partial charge in [-0.3, -0.25) is 4.90 Å². The highest BCUT2D eigenvalue weighted by Crippen LogP contribution is 2.68. The summed E-state index contributed by atoms with van der Waals surface area (Å²) in [4.78, 5) is 4.87. The molecule has 3 N–H and O–H groups in total. The minimum Gasteiger partial charge on any atom is -0.508 e. The molecule has 1 saturated carbocycles. The average Bonchev–Trinajstić information content (AvgIpc) is 2.68. The molecular formula is C24H32N2O3. The molecule has 0 unspecified atom stereocenters. The number of hydrogen-bond acceptors (Lipinski definition) is 5. The summed E-state index contributed by atoms with van der Waals surface area (Å²) in [5.41, 5.74) is 0.383. The van der Waals surface area contributed by atoms with E-state index < -0.39 is 5.60 Å². The van der Waals surface area contributed by atoms with Crippen molar-refractivity contribution in [3.63, 3.8) is 0 Å². The summed E-state index contributed by atoms with van der Waals surface area (Å²) < 4.78 is 0. The van der Waals surface area contributed by atoms with Gasteiger partial charge in [-0.15, -0.1) is 0 Å². The Morgan fingerprint density at radius 2 is 1.17 bits per heavy atom. The molecule has 0 amide bonds. The Bertz CT molecular complexity index is 850. The largest absolute Gasteiger partial charge is 0.508 e. The second-order valence-electron chi connectivity index (χ2n) is 9.64. The number of phenols is 2. The van der Waals surface area contributed by atoms with Crippen LogP contribution in [0.15, 0.2) is 48.5 Å². The van der Waals surface area contributed by atoms with E-state index in [-0.39, 0.29) is 22.6 Å². The Balaban J connectivity index is 1.53. The van der Waals surface area contributed by atoms with Gasteiger partial charge in [0.15, 0.2) is 0 Å². The maximum Gasteiger partial charge on any atom is 0.115 e. The number of rotatable bonds is 3. The number of hydrogen-bond donors (Lipinski definition) is 3. The third-order valence-corrected chi connectivity index (χ3v) is 7.41. The number of aromatic hydroxyl groups is 2. The zero-order valence-corrected chi connectivity index (χ0v) is 17.8. The summed E-state index contributed by atoms with van der Waals surface area (Å²) in [5.74, 6) is 0.507. The summed E-state index contributed by atoms with van der Waals surface area (Å²) in [6.07, 6.45) is 0. The number of anilines is 1. The Labute approximate surface area is 173 Å². The van der Waals surface area contributed by atoms with E-state index in [1.54, 1.807) is 24.3 Å². The van der Waals surface area contributed by atoms with E-state index in [0.717, 1.165) is 37.4 Å². The Morgan fingerprint density at radius 3 is 1.66 bits per heavy atom. The minimum atomic E-state index is -0.966. The summed E-state index contributed by atoms with van der Waals surface area (Å²) in [6.45, 7) is 12.3. The fourth-order valence-corrected chi connectivity index (χ4v) is 6.31. The first-order valence-corrected chi connectivity index (χ1v) is 10.4. The van der Waals surface area contributed by atoms with Gasteiger partial charge in [0, 0.05) is 48.7 Å². The molecule has 1 heterocycles. The van der Waals surface area contributed by atoms with Gasteiger partial charge < -0.3 is 20.2 Å². The van der Waals surface area contributed by atoms with Crippen LogP contribution in [0.3, 0.4) is 0 Å². The topological polar surface area (TPSA) is 67.2 Å². The lowest BCUT2D eigenvalue weighted by Gasteiger charge is -2.72. The molecule has 156 valence electrons. The molecule has 2 aromatic rings. The standard InChI is InChI=1S/C24H32N2O3/c1-22(2)21(23(3,4)24(22,29)17-5-9-19(27)10-6-17)26-15-13-25(14-16-26)18-7-11-20(28)12-8-18/h5-12,21,27-29H,13-16H2,1-4H3. The van der Waals surface area contributed by atoms with E-state index in [1.807, 2.05) is 24.3 Å². The third kappa shape index (κ3) is 2.82. The van der Waals surface area contributed by atoms with E-state index in [1.165, 1.54) is 0 Å². The van der Waals surface area contributed by atoms with Crippen LogP contribution in [-0.4, -0.2) is 52.4 Å². The van der Waals surface area contributed by atoms with Crippen molar-refractivity contribution in [1.29, 1.82) is 0 Å². The van der Waals surface area contributed by atoms with Crippen LogP contribution < -0.4 is 4.90 Å². The van der Waals surface area contributed by atoms with Crippen molar-refractivity contribution < 1.29 is 15.3 Å². The first-order chi connectivity index (χ1) is 13.6. The SMILES string of the molecule is CC1(C)C(N2CCN(c3ccc(O)cc3)CC2)C(C)(C)C1(O)c1ccc(O)cc1. The van der Waals surface area contributed by atoms with Crippen LogP contribution in [0.2, 0.25) is 0 Å². The number of benzene rings is 2. The van der Waals surface area contributed by atoms with Crippen LogP contribution in [-0.2, 0) is 5.60 Å². The Hall–Kier alpha value is -2.24. The monoisotopic (exact) mass is 396 g/mol. The summed E-state index contributed by atoms with van der Waals surface area (Å²) in [5, 5.41) is 31.0. The van der Waals surface area contributed by atoms with Crippen LogP contribution in [0.5, 0.6) is 11.5 Å². The quantitative estimate of drug-likeness (QED) is 0.741. The van der Waals surface area contributed by atoms with Gasteiger partial charge in [0.2, 0.25) is 0 Å². The number of piperazine rings is 1. The molecule has 1 saturated heterocycles. The Morgan fingerprint density at radius 1 is 0.724 bits per heavy atom. The van der Waals surface area contributed by atoms with Gasteiger partial charge >= 0.3 is 0 Å². The van der Waals surface area contributed by atoms with E-state index in [4.69, 9.17) is 0 Å². The maximum absolute atomic E-state index is 11.8. The number of phenolic OH excluding ortho intramolecular Hbond substituents is 2. The highest BCUT2D eigenvalue weighted by molar-refractivity contribution is 5.49. The molecule has 0 bridgehead atoms. The van der Waals surface area contributed by atoms with Crippen LogP contribution in [0.4, 0.5) is 5.69 Å². The van der Waals surface area contributed by atoms with Crippen molar-refractivity contribution in [1.82, 2.24) is 4.90 Å². The number of nitrogens with zero attached hydrogens (tertiary/aromatic N) is 2. The zero-order chi connectivity index (χ0) is 21.0. The summed E-state index contributed by atoms with van der Waals surface area (Å²) in [6, 6.07) is 14.6. The molecule has 4 rings (SSSR count).